The lowest BCUT2D eigenvalue weighted by atomic mass is 10.2. The zero-order valence-corrected chi connectivity index (χ0v) is 14.7. The van der Waals surface area contributed by atoms with Crippen LogP contribution in [0.15, 0.2) is 30.5 Å². The van der Waals surface area contributed by atoms with E-state index >= 15 is 0 Å². The number of nitrogens with zero attached hydrogens (tertiary/aromatic N) is 2. The zero-order valence-electron chi connectivity index (χ0n) is 14.7. The Labute approximate surface area is 142 Å². The van der Waals surface area contributed by atoms with Crippen molar-refractivity contribution in [3.05, 3.63) is 36.0 Å². The molecule has 24 heavy (non-hydrogen) atoms. The molecule has 130 valence electrons. The topological polar surface area (TPSA) is 65.4 Å². The predicted octanol–water partition coefficient (Wildman–Crippen LogP) is 3.90. The number of carbonyl (C=O) groups is 1. The Morgan fingerprint density at radius 2 is 1.88 bits per heavy atom. The molecule has 0 saturated carbocycles. The smallest absolute Gasteiger partial charge is 0.256 e. The summed E-state index contributed by atoms with van der Waals surface area (Å²) in [6.45, 7) is 9.00. The second-order valence-electron chi connectivity index (χ2n) is 5.40. The average Bonchev–Trinajstić information content (AvgIpc) is 3.04. The summed E-state index contributed by atoms with van der Waals surface area (Å²) < 4.78 is 12.9. The number of rotatable bonds is 8. The van der Waals surface area contributed by atoms with Crippen molar-refractivity contribution in [2.75, 3.05) is 18.5 Å². The standard InChI is InChI=1S/C18H25N3O3/c1-5-13(4)21-17(10-11-19-21)20-18(22)14-8-9-15(23-6-2)16(12-14)24-7-3/h8-13H,5-7H2,1-4H3,(H,20,22). The van der Waals surface area contributed by atoms with Gasteiger partial charge in [-0.15, -0.1) is 0 Å². The predicted molar refractivity (Wildman–Crippen MR) is 94.0 cm³/mol. The molecule has 0 spiro atoms. The fourth-order valence-corrected chi connectivity index (χ4v) is 2.32. The highest BCUT2D eigenvalue weighted by atomic mass is 16.5. The van der Waals surface area contributed by atoms with Crippen molar-refractivity contribution in [1.29, 1.82) is 0 Å². The lowest BCUT2D eigenvalue weighted by Crippen LogP contribution is -2.17. The van der Waals surface area contributed by atoms with Crippen LogP contribution in [0.5, 0.6) is 11.5 Å². The maximum atomic E-state index is 12.6. The van der Waals surface area contributed by atoms with Crippen molar-refractivity contribution in [3.8, 4) is 11.5 Å². The molecule has 2 aromatic rings. The van der Waals surface area contributed by atoms with Gasteiger partial charge in [0.2, 0.25) is 0 Å². The molecular formula is C18H25N3O3. The Bertz CT molecular complexity index is 682. The number of carbonyl (C=O) groups excluding carboxylic acids is 1. The number of anilines is 1. The first-order chi connectivity index (χ1) is 11.6. The van der Waals surface area contributed by atoms with Gasteiger partial charge in [0.1, 0.15) is 5.82 Å². The molecule has 0 radical (unpaired) electrons. The number of hydrogen-bond donors (Lipinski definition) is 1. The van der Waals surface area contributed by atoms with Gasteiger partial charge in [-0.3, -0.25) is 4.79 Å². The molecule has 1 atom stereocenters. The Balaban J connectivity index is 2.21. The molecule has 0 aliphatic heterocycles. The minimum atomic E-state index is -0.205. The van der Waals surface area contributed by atoms with Gasteiger partial charge in [-0.2, -0.15) is 5.10 Å². The van der Waals surface area contributed by atoms with E-state index in [0.29, 0.717) is 36.1 Å². The summed E-state index contributed by atoms with van der Waals surface area (Å²) in [5.41, 5.74) is 0.513. The van der Waals surface area contributed by atoms with Crippen molar-refractivity contribution in [2.45, 2.75) is 40.2 Å². The Morgan fingerprint density at radius 1 is 1.17 bits per heavy atom. The molecule has 1 unspecified atom stereocenters. The van der Waals surface area contributed by atoms with E-state index in [1.165, 1.54) is 0 Å². The van der Waals surface area contributed by atoms with Crippen LogP contribution in [-0.4, -0.2) is 28.9 Å². The van der Waals surface area contributed by atoms with E-state index in [1.54, 1.807) is 30.5 Å². The van der Waals surface area contributed by atoms with Crippen molar-refractivity contribution < 1.29 is 14.3 Å². The first-order valence-corrected chi connectivity index (χ1v) is 8.35. The number of benzene rings is 1. The van der Waals surface area contributed by atoms with Gasteiger partial charge in [-0.05, 0) is 45.4 Å². The monoisotopic (exact) mass is 331 g/mol. The lowest BCUT2D eigenvalue weighted by Gasteiger charge is -2.15. The van der Waals surface area contributed by atoms with Crippen LogP contribution in [-0.2, 0) is 0 Å². The summed E-state index contributed by atoms with van der Waals surface area (Å²) in [7, 11) is 0. The van der Waals surface area contributed by atoms with Crippen LogP contribution in [0.4, 0.5) is 5.82 Å². The molecule has 0 saturated heterocycles. The largest absolute Gasteiger partial charge is 0.490 e. The minimum Gasteiger partial charge on any atom is -0.490 e. The van der Waals surface area contributed by atoms with E-state index in [-0.39, 0.29) is 11.9 Å². The fourth-order valence-electron chi connectivity index (χ4n) is 2.32. The van der Waals surface area contributed by atoms with Gasteiger partial charge in [0, 0.05) is 11.6 Å². The second-order valence-corrected chi connectivity index (χ2v) is 5.40. The molecule has 6 heteroatoms. The van der Waals surface area contributed by atoms with Crippen LogP contribution in [0, 0.1) is 0 Å². The number of hydrogen-bond acceptors (Lipinski definition) is 4. The highest BCUT2D eigenvalue weighted by molar-refractivity contribution is 6.04. The van der Waals surface area contributed by atoms with Crippen molar-refractivity contribution in [1.82, 2.24) is 9.78 Å². The number of amides is 1. The fraction of sp³-hybridized carbons (Fsp3) is 0.444. The number of aromatic nitrogens is 2. The second kappa shape index (κ2) is 8.38. The van der Waals surface area contributed by atoms with Gasteiger partial charge in [0.25, 0.3) is 5.91 Å². The van der Waals surface area contributed by atoms with Gasteiger partial charge < -0.3 is 14.8 Å². The molecule has 0 aliphatic carbocycles. The maximum Gasteiger partial charge on any atom is 0.256 e. The molecule has 1 aromatic heterocycles. The van der Waals surface area contributed by atoms with Crippen LogP contribution in [0.25, 0.3) is 0 Å². The third-order valence-corrected chi connectivity index (χ3v) is 3.73. The van der Waals surface area contributed by atoms with Crippen LogP contribution in [0.3, 0.4) is 0 Å². The van der Waals surface area contributed by atoms with Gasteiger partial charge in [0.05, 0.1) is 25.5 Å². The molecule has 1 N–H and O–H groups in total. The van der Waals surface area contributed by atoms with Crippen molar-refractivity contribution in [3.63, 3.8) is 0 Å². The Hall–Kier alpha value is -2.50. The van der Waals surface area contributed by atoms with Crippen LogP contribution in [0.2, 0.25) is 0 Å². The van der Waals surface area contributed by atoms with E-state index in [0.717, 1.165) is 6.42 Å². The highest BCUT2D eigenvalue weighted by Gasteiger charge is 2.15. The van der Waals surface area contributed by atoms with Gasteiger partial charge in [0.15, 0.2) is 11.5 Å². The molecule has 0 bridgehead atoms. The first kappa shape index (κ1) is 17.8. The molecular weight excluding hydrogens is 306 g/mol. The zero-order chi connectivity index (χ0) is 17.5. The summed E-state index contributed by atoms with van der Waals surface area (Å²) in [6.07, 6.45) is 2.62. The summed E-state index contributed by atoms with van der Waals surface area (Å²) in [6, 6.07) is 7.20. The summed E-state index contributed by atoms with van der Waals surface area (Å²) >= 11 is 0. The Morgan fingerprint density at radius 3 is 2.54 bits per heavy atom. The molecule has 6 nitrogen and oxygen atoms in total. The molecule has 0 fully saturated rings. The SMILES string of the molecule is CCOc1ccc(C(=O)Nc2ccnn2C(C)CC)cc1OCC. The van der Waals surface area contributed by atoms with E-state index < -0.39 is 0 Å². The highest BCUT2D eigenvalue weighted by Crippen LogP contribution is 2.29. The summed E-state index contributed by atoms with van der Waals surface area (Å²) in [5, 5.41) is 7.18. The molecule has 1 amide bonds. The van der Waals surface area contributed by atoms with Crippen LogP contribution < -0.4 is 14.8 Å². The summed E-state index contributed by atoms with van der Waals surface area (Å²) in [4.78, 5) is 12.6. The van der Waals surface area contributed by atoms with Gasteiger partial charge in [-0.1, -0.05) is 6.92 Å². The molecule has 1 heterocycles. The summed E-state index contributed by atoms with van der Waals surface area (Å²) in [5.74, 6) is 1.69. The Kier molecular flexibility index (Phi) is 6.23. The third-order valence-electron chi connectivity index (χ3n) is 3.73. The quantitative estimate of drug-likeness (QED) is 0.796. The van der Waals surface area contributed by atoms with Crippen LogP contribution in [0.1, 0.15) is 50.5 Å². The third kappa shape index (κ3) is 4.07. The van der Waals surface area contributed by atoms with E-state index in [9.17, 15) is 4.79 Å². The van der Waals surface area contributed by atoms with Gasteiger partial charge in [-0.25, -0.2) is 4.68 Å². The average molecular weight is 331 g/mol. The lowest BCUT2D eigenvalue weighted by molar-refractivity contribution is 0.102. The van der Waals surface area contributed by atoms with E-state index in [4.69, 9.17) is 9.47 Å². The normalized spacial score (nSPS) is 11.8. The van der Waals surface area contributed by atoms with E-state index in [2.05, 4.69) is 24.3 Å². The first-order valence-electron chi connectivity index (χ1n) is 8.35. The molecule has 2 rings (SSSR count). The van der Waals surface area contributed by atoms with E-state index in [1.807, 2.05) is 18.5 Å². The van der Waals surface area contributed by atoms with Crippen LogP contribution >= 0.6 is 0 Å². The van der Waals surface area contributed by atoms with Gasteiger partial charge >= 0.3 is 0 Å². The van der Waals surface area contributed by atoms with Crippen molar-refractivity contribution in [2.24, 2.45) is 0 Å². The minimum absolute atomic E-state index is 0.205. The maximum absolute atomic E-state index is 12.6. The number of ether oxygens (including phenoxy) is 2. The molecule has 0 aliphatic rings. The van der Waals surface area contributed by atoms with Crippen molar-refractivity contribution >= 4 is 11.7 Å². The molecule has 1 aromatic carbocycles. The number of nitrogens with one attached hydrogen (secondary N) is 1.